The smallest absolute Gasteiger partial charge is 0.115 e. The van der Waals surface area contributed by atoms with E-state index >= 15 is 0 Å². The Bertz CT molecular complexity index is 453. The van der Waals surface area contributed by atoms with Crippen LogP contribution in [-0.4, -0.2) is 5.11 Å². The number of rotatable bonds is 3. The van der Waals surface area contributed by atoms with Gasteiger partial charge in [0.15, 0.2) is 0 Å². The molecule has 0 aliphatic rings. The van der Waals surface area contributed by atoms with Crippen molar-refractivity contribution < 1.29 is 5.11 Å². The Kier molecular flexibility index (Phi) is 3.10. The van der Waals surface area contributed by atoms with Crippen LogP contribution in [-0.2, 0) is 0 Å². The van der Waals surface area contributed by atoms with Gasteiger partial charge in [-0.15, -0.1) is 0 Å². The van der Waals surface area contributed by atoms with Crippen molar-refractivity contribution in [3.05, 3.63) is 60.2 Å². The van der Waals surface area contributed by atoms with Gasteiger partial charge < -0.3 is 10.4 Å². The Morgan fingerprint density at radius 2 is 1.75 bits per heavy atom. The SMILES string of the molecule is CC(Nc1ccccc1)c1cccc(O)c1. The minimum atomic E-state index is 0.175. The van der Waals surface area contributed by atoms with Gasteiger partial charge in [-0.3, -0.25) is 0 Å². The van der Waals surface area contributed by atoms with Gasteiger partial charge >= 0.3 is 0 Å². The van der Waals surface area contributed by atoms with Crippen LogP contribution in [0.1, 0.15) is 18.5 Å². The standard InChI is InChI=1S/C14H15NO/c1-11(12-6-5-9-14(16)10-12)15-13-7-3-2-4-8-13/h2-11,15-16H,1H3. The first-order chi connectivity index (χ1) is 7.75. The van der Waals surface area contributed by atoms with E-state index in [9.17, 15) is 5.11 Å². The number of phenolic OH excluding ortho intramolecular Hbond substituents is 1. The highest BCUT2D eigenvalue weighted by atomic mass is 16.3. The molecule has 2 aromatic rings. The monoisotopic (exact) mass is 213 g/mol. The zero-order valence-electron chi connectivity index (χ0n) is 9.22. The van der Waals surface area contributed by atoms with Gasteiger partial charge in [-0.25, -0.2) is 0 Å². The summed E-state index contributed by atoms with van der Waals surface area (Å²) in [4.78, 5) is 0. The molecule has 0 radical (unpaired) electrons. The lowest BCUT2D eigenvalue weighted by Gasteiger charge is -2.15. The van der Waals surface area contributed by atoms with Gasteiger partial charge in [0.2, 0.25) is 0 Å². The summed E-state index contributed by atoms with van der Waals surface area (Å²) in [6, 6.07) is 17.5. The molecule has 82 valence electrons. The van der Waals surface area contributed by atoms with Gasteiger partial charge in [0.25, 0.3) is 0 Å². The molecule has 2 heteroatoms. The minimum absolute atomic E-state index is 0.175. The van der Waals surface area contributed by atoms with Crippen LogP contribution in [0.25, 0.3) is 0 Å². The van der Waals surface area contributed by atoms with Crippen molar-refractivity contribution >= 4 is 5.69 Å². The van der Waals surface area contributed by atoms with Crippen LogP contribution < -0.4 is 5.32 Å². The molecule has 2 aromatic carbocycles. The average Bonchev–Trinajstić information content (AvgIpc) is 2.30. The lowest BCUT2D eigenvalue weighted by Crippen LogP contribution is -2.05. The Morgan fingerprint density at radius 3 is 2.44 bits per heavy atom. The Morgan fingerprint density at radius 1 is 1.00 bits per heavy atom. The molecule has 1 atom stereocenters. The first-order valence-corrected chi connectivity index (χ1v) is 5.36. The van der Waals surface area contributed by atoms with E-state index in [0.717, 1.165) is 11.3 Å². The number of hydrogen-bond donors (Lipinski definition) is 2. The second-order valence-corrected chi connectivity index (χ2v) is 3.83. The summed E-state index contributed by atoms with van der Waals surface area (Å²) < 4.78 is 0. The molecule has 0 aliphatic carbocycles. The van der Waals surface area contributed by atoms with Gasteiger partial charge in [-0.1, -0.05) is 30.3 Å². The largest absolute Gasteiger partial charge is 0.508 e. The van der Waals surface area contributed by atoms with Crippen molar-refractivity contribution in [1.82, 2.24) is 0 Å². The summed E-state index contributed by atoms with van der Waals surface area (Å²) in [6.07, 6.45) is 0. The zero-order chi connectivity index (χ0) is 11.4. The minimum Gasteiger partial charge on any atom is -0.508 e. The molecular formula is C14H15NO. The zero-order valence-corrected chi connectivity index (χ0v) is 9.22. The van der Waals surface area contributed by atoms with E-state index in [1.807, 2.05) is 42.5 Å². The number of nitrogens with one attached hydrogen (secondary N) is 1. The molecule has 0 fully saturated rings. The summed E-state index contributed by atoms with van der Waals surface area (Å²) in [7, 11) is 0. The highest BCUT2D eigenvalue weighted by molar-refractivity contribution is 5.45. The number of para-hydroxylation sites is 1. The Hall–Kier alpha value is -1.96. The van der Waals surface area contributed by atoms with Crippen LogP contribution in [0.15, 0.2) is 54.6 Å². The van der Waals surface area contributed by atoms with E-state index in [1.54, 1.807) is 12.1 Å². The normalized spacial score (nSPS) is 12.1. The lowest BCUT2D eigenvalue weighted by molar-refractivity contribution is 0.474. The fourth-order valence-corrected chi connectivity index (χ4v) is 1.66. The molecule has 2 nitrogen and oxygen atoms in total. The van der Waals surface area contributed by atoms with E-state index in [0.29, 0.717) is 5.75 Å². The molecular weight excluding hydrogens is 198 g/mol. The summed E-state index contributed by atoms with van der Waals surface area (Å²) in [5.41, 5.74) is 2.15. The van der Waals surface area contributed by atoms with Crippen molar-refractivity contribution in [2.45, 2.75) is 13.0 Å². The van der Waals surface area contributed by atoms with Crippen LogP contribution in [0.3, 0.4) is 0 Å². The van der Waals surface area contributed by atoms with Crippen molar-refractivity contribution in [2.24, 2.45) is 0 Å². The number of hydrogen-bond acceptors (Lipinski definition) is 2. The van der Waals surface area contributed by atoms with Gasteiger partial charge in [-0.05, 0) is 36.8 Å². The van der Waals surface area contributed by atoms with Crippen LogP contribution >= 0.6 is 0 Å². The number of aromatic hydroxyl groups is 1. The second-order valence-electron chi connectivity index (χ2n) is 3.83. The van der Waals surface area contributed by atoms with Crippen molar-refractivity contribution in [2.75, 3.05) is 5.32 Å². The van der Waals surface area contributed by atoms with Crippen molar-refractivity contribution in [3.8, 4) is 5.75 Å². The lowest BCUT2D eigenvalue weighted by atomic mass is 10.1. The second kappa shape index (κ2) is 4.71. The summed E-state index contributed by atoms with van der Waals surface area (Å²) in [5, 5.41) is 12.8. The summed E-state index contributed by atoms with van der Waals surface area (Å²) in [6.45, 7) is 2.07. The average molecular weight is 213 g/mol. The number of phenols is 1. The Labute approximate surface area is 95.6 Å². The van der Waals surface area contributed by atoms with Gasteiger partial charge in [-0.2, -0.15) is 0 Å². The van der Waals surface area contributed by atoms with Gasteiger partial charge in [0.1, 0.15) is 5.75 Å². The molecule has 0 bridgehead atoms. The predicted molar refractivity (Wildman–Crippen MR) is 66.6 cm³/mol. The third kappa shape index (κ3) is 2.54. The summed E-state index contributed by atoms with van der Waals surface area (Å²) >= 11 is 0. The number of benzene rings is 2. The molecule has 0 aliphatic heterocycles. The molecule has 0 saturated carbocycles. The maximum Gasteiger partial charge on any atom is 0.115 e. The third-order valence-electron chi connectivity index (χ3n) is 2.53. The fraction of sp³-hybridized carbons (Fsp3) is 0.143. The molecule has 0 heterocycles. The predicted octanol–water partition coefficient (Wildman–Crippen LogP) is 3.57. The molecule has 1 unspecified atom stereocenters. The molecule has 0 amide bonds. The van der Waals surface area contributed by atoms with E-state index in [-0.39, 0.29) is 6.04 Å². The fourth-order valence-electron chi connectivity index (χ4n) is 1.66. The van der Waals surface area contributed by atoms with Crippen molar-refractivity contribution in [3.63, 3.8) is 0 Å². The molecule has 2 rings (SSSR count). The van der Waals surface area contributed by atoms with Crippen molar-refractivity contribution in [1.29, 1.82) is 0 Å². The van der Waals surface area contributed by atoms with Crippen LogP contribution in [0.2, 0.25) is 0 Å². The van der Waals surface area contributed by atoms with Crippen LogP contribution in [0, 0.1) is 0 Å². The first-order valence-electron chi connectivity index (χ1n) is 5.36. The highest BCUT2D eigenvalue weighted by Gasteiger charge is 2.05. The maximum absolute atomic E-state index is 9.40. The van der Waals surface area contributed by atoms with Gasteiger partial charge in [0, 0.05) is 11.7 Å². The van der Waals surface area contributed by atoms with Gasteiger partial charge in [0.05, 0.1) is 0 Å². The molecule has 16 heavy (non-hydrogen) atoms. The maximum atomic E-state index is 9.40. The molecule has 0 saturated heterocycles. The number of anilines is 1. The highest BCUT2D eigenvalue weighted by Crippen LogP contribution is 2.21. The summed E-state index contributed by atoms with van der Waals surface area (Å²) in [5.74, 6) is 0.305. The molecule has 2 N–H and O–H groups in total. The topological polar surface area (TPSA) is 32.3 Å². The Balaban J connectivity index is 2.12. The van der Waals surface area contributed by atoms with E-state index in [1.165, 1.54) is 0 Å². The van der Waals surface area contributed by atoms with Crippen LogP contribution in [0.4, 0.5) is 5.69 Å². The quantitative estimate of drug-likeness (QED) is 0.817. The third-order valence-corrected chi connectivity index (χ3v) is 2.53. The van der Waals surface area contributed by atoms with E-state index in [4.69, 9.17) is 0 Å². The van der Waals surface area contributed by atoms with E-state index < -0.39 is 0 Å². The molecule has 0 spiro atoms. The first kappa shape index (κ1) is 10.6. The molecule has 0 aromatic heterocycles. The van der Waals surface area contributed by atoms with E-state index in [2.05, 4.69) is 12.2 Å². The van der Waals surface area contributed by atoms with Crippen LogP contribution in [0.5, 0.6) is 5.75 Å².